The molecule has 1 heterocycles. The number of rotatable bonds is 1. The van der Waals surface area contributed by atoms with Crippen LogP contribution in [0.15, 0.2) is 18.3 Å². The molecule has 11 heavy (non-hydrogen) atoms. The van der Waals surface area contributed by atoms with Gasteiger partial charge in [-0.2, -0.15) is 0 Å². The number of nitrogens with zero attached hydrogens (tertiary/aromatic N) is 1. The Morgan fingerprint density at radius 3 is 2.36 bits per heavy atom. The normalized spacial score (nSPS) is 12.0. The van der Waals surface area contributed by atoms with Crippen LogP contribution in [0.5, 0.6) is 0 Å². The Morgan fingerprint density at radius 2 is 2.00 bits per heavy atom. The summed E-state index contributed by atoms with van der Waals surface area (Å²) in [6, 6.07) is 4.28. The van der Waals surface area contributed by atoms with Gasteiger partial charge in [0.2, 0.25) is 0 Å². The third-order valence-corrected chi connectivity index (χ3v) is 1.76. The van der Waals surface area contributed by atoms with Gasteiger partial charge in [-0.3, -0.25) is 0 Å². The maximum Gasteiger partial charge on any atom is 0.0176 e. The molecule has 0 fully saturated rings. The van der Waals surface area contributed by atoms with E-state index < -0.39 is 0 Å². The predicted molar refractivity (Wildman–Crippen MR) is 48.6 cm³/mol. The van der Waals surface area contributed by atoms with E-state index in [0.29, 0.717) is 5.41 Å². The molecule has 0 aromatic carbocycles. The fourth-order valence-electron chi connectivity index (χ4n) is 1.22. The average Bonchev–Trinajstić information content (AvgIpc) is 2.12. The molecule has 0 saturated heterocycles. The van der Waals surface area contributed by atoms with Gasteiger partial charge in [-0.1, -0.05) is 20.8 Å². The summed E-state index contributed by atoms with van der Waals surface area (Å²) >= 11 is 0. The molecule has 0 aliphatic heterocycles. The molecule has 0 radical (unpaired) electrons. The van der Waals surface area contributed by atoms with Crippen LogP contribution in [0, 0.1) is 5.41 Å². The molecule has 0 N–H and O–H groups in total. The van der Waals surface area contributed by atoms with Crippen molar-refractivity contribution in [2.24, 2.45) is 12.5 Å². The molecular weight excluding hydrogens is 134 g/mol. The van der Waals surface area contributed by atoms with Crippen molar-refractivity contribution in [3.8, 4) is 0 Å². The molecule has 1 aromatic heterocycles. The predicted octanol–water partition coefficient (Wildman–Crippen LogP) is 2.61. The van der Waals surface area contributed by atoms with E-state index in [0.717, 1.165) is 6.42 Å². The molecule has 62 valence electrons. The molecule has 1 heteroatoms. The molecule has 0 saturated carbocycles. The Labute approximate surface area is 69.0 Å². The van der Waals surface area contributed by atoms with Gasteiger partial charge in [-0.15, -0.1) is 0 Å². The standard InChI is InChI=1S/C10H17N/c1-10(2,3)8-9-6-5-7-11(9)4/h5-7H,8H2,1-4H3. The fraction of sp³-hybridized carbons (Fsp3) is 0.600. The van der Waals surface area contributed by atoms with Gasteiger partial charge in [0.1, 0.15) is 0 Å². The number of hydrogen-bond donors (Lipinski definition) is 0. The highest BCUT2D eigenvalue weighted by Crippen LogP contribution is 2.19. The van der Waals surface area contributed by atoms with E-state index in [1.54, 1.807) is 0 Å². The van der Waals surface area contributed by atoms with Gasteiger partial charge in [-0.05, 0) is 24.0 Å². The first kappa shape index (κ1) is 8.38. The van der Waals surface area contributed by atoms with Crippen LogP contribution in [-0.4, -0.2) is 4.57 Å². The average molecular weight is 151 g/mol. The Hall–Kier alpha value is -0.720. The zero-order valence-corrected chi connectivity index (χ0v) is 7.89. The van der Waals surface area contributed by atoms with E-state index in [-0.39, 0.29) is 0 Å². The summed E-state index contributed by atoms with van der Waals surface area (Å²) in [6.45, 7) is 6.79. The lowest BCUT2D eigenvalue weighted by atomic mass is 9.91. The summed E-state index contributed by atoms with van der Waals surface area (Å²) < 4.78 is 2.19. The van der Waals surface area contributed by atoms with Crippen molar-refractivity contribution in [3.63, 3.8) is 0 Å². The minimum Gasteiger partial charge on any atom is -0.354 e. The number of hydrogen-bond acceptors (Lipinski definition) is 0. The van der Waals surface area contributed by atoms with Crippen molar-refractivity contribution in [1.29, 1.82) is 0 Å². The molecule has 0 aliphatic carbocycles. The first-order valence-corrected chi connectivity index (χ1v) is 4.09. The molecule has 0 amide bonds. The van der Waals surface area contributed by atoms with Gasteiger partial charge in [0.05, 0.1) is 0 Å². The monoisotopic (exact) mass is 151 g/mol. The van der Waals surface area contributed by atoms with Crippen molar-refractivity contribution >= 4 is 0 Å². The molecule has 0 bridgehead atoms. The van der Waals surface area contributed by atoms with Crippen molar-refractivity contribution < 1.29 is 0 Å². The highest BCUT2D eigenvalue weighted by Gasteiger charge is 2.12. The van der Waals surface area contributed by atoms with Gasteiger partial charge in [0.15, 0.2) is 0 Å². The van der Waals surface area contributed by atoms with E-state index >= 15 is 0 Å². The Bertz CT molecular complexity index is 227. The third-order valence-electron chi connectivity index (χ3n) is 1.76. The second kappa shape index (κ2) is 2.72. The Balaban J connectivity index is 2.72. The lowest BCUT2D eigenvalue weighted by Gasteiger charge is -2.18. The summed E-state index contributed by atoms with van der Waals surface area (Å²) in [5.74, 6) is 0. The maximum atomic E-state index is 2.26. The van der Waals surface area contributed by atoms with Gasteiger partial charge < -0.3 is 4.57 Å². The zero-order chi connectivity index (χ0) is 8.48. The zero-order valence-electron chi connectivity index (χ0n) is 7.89. The second-order valence-corrected chi connectivity index (χ2v) is 4.35. The van der Waals surface area contributed by atoms with Crippen molar-refractivity contribution in [1.82, 2.24) is 4.57 Å². The topological polar surface area (TPSA) is 4.93 Å². The molecular formula is C10H17N. The van der Waals surface area contributed by atoms with E-state index in [1.807, 2.05) is 0 Å². The van der Waals surface area contributed by atoms with Crippen LogP contribution in [0.4, 0.5) is 0 Å². The van der Waals surface area contributed by atoms with Crippen LogP contribution in [0.1, 0.15) is 26.5 Å². The van der Waals surface area contributed by atoms with Crippen molar-refractivity contribution in [3.05, 3.63) is 24.0 Å². The van der Waals surface area contributed by atoms with E-state index in [4.69, 9.17) is 0 Å². The fourth-order valence-corrected chi connectivity index (χ4v) is 1.22. The quantitative estimate of drug-likeness (QED) is 0.581. The SMILES string of the molecule is Cn1cccc1CC(C)(C)C. The van der Waals surface area contributed by atoms with Crippen LogP contribution in [0.3, 0.4) is 0 Å². The van der Waals surface area contributed by atoms with Crippen LogP contribution in [0.25, 0.3) is 0 Å². The molecule has 0 unspecified atom stereocenters. The van der Waals surface area contributed by atoms with Gasteiger partial charge in [0, 0.05) is 18.9 Å². The summed E-state index contributed by atoms with van der Waals surface area (Å²) in [4.78, 5) is 0. The Morgan fingerprint density at radius 1 is 1.36 bits per heavy atom. The summed E-state index contributed by atoms with van der Waals surface area (Å²) in [5, 5.41) is 0. The lowest BCUT2D eigenvalue weighted by Crippen LogP contribution is -2.11. The van der Waals surface area contributed by atoms with Crippen LogP contribution >= 0.6 is 0 Å². The van der Waals surface area contributed by atoms with Crippen LogP contribution in [0.2, 0.25) is 0 Å². The van der Waals surface area contributed by atoms with E-state index in [2.05, 4.69) is 50.7 Å². The van der Waals surface area contributed by atoms with Crippen molar-refractivity contribution in [2.75, 3.05) is 0 Å². The Kier molecular flexibility index (Phi) is 2.08. The lowest BCUT2D eigenvalue weighted by molar-refractivity contribution is 0.401. The van der Waals surface area contributed by atoms with Crippen LogP contribution < -0.4 is 0 Å². The molecule has 0 spiro atoms. The second-order valence-electron chi connectivity index (χ2n) is 4.35. The smallest absolute Gasteiger partial charge is 0.0176 e. The van der Waals surface area contributed by atoms with Gasteiger partial charge in [-0.25, -0.2) is 0 Å². The van der Waals surface area contributed by atoms with Gasteiger partial charge >= 0.3 is 0 Å². The molecule has 1 nitrogen and oxygen atoms in total. The number of aromatic nitrogens is 1. The summed E-state index contributed by atoms with van der Waals surface area (Å²) in [7, 11) is 2.10. The number of aryl methyl sites for hydroxylation is 1. The summed E-state index contributed by atoms with van der Waals surface area (Å²) in [5.41, 5.74) is 1.81. The third kappa shape index (κ3) is 2.41. The van der Waals surface area contributed by atoms with Crippen LogP contribution in [-0.2, 0) is 13.5 Å². The minimum atomic E-state index is 0.395. The van der Waals surface area contributed by atoms with Crippen molar-refractivity contribution in [2.45, 2.75) is 27.2 Å². The first-order valence-electron chi connectivity index (χ1n) is 4.09. The highest BCUT2D eigenvalue weighted by atomic mass is 14.9. The highest BCUT2D eigenvalue weighted by molar-refractivity contribution is 5.08. The molecule has 1 aromatic rings. The molecule has 1 rings (SSSR count). The maximum absolute atomic E-state index is 2.26. The molecule has 0 aliphatic rings. The molecule has 0 atom stereocenters. The van der Waals surface area contributed by atoms with E-state index in [1.165, 1.54) is 5.69 Å². The largest absolute Gasteiger partial charge is 0.354 e. The van der Waals surface area contributed by atoms with Gasteiger partial charge in [0.25, 0.3) is 0 Å². The summed E-state index contributed by atoms with van der Waals surface area (Å²) in [6.07, 6.45) is 3.25. The minimum absolute atomic E-state index is 0.395. The first-order chi connectivity index (χ1) is 4.99. The van der Waals surface area contributed by atoms with E-state index in [9.17, 15) is 0 Å².